The van der Waals surface area contributed by atoms with Gasteiger partial charge in [0.2, 0.25) is 5.95 Å². The molecule has 2 aliphatic carbocycles. The number of nitrogens with one attached hydrogen (secondary N) is 2. The van der Waals surface area contributed by atoms with Crippen LogP contribution in [0.4, 0.5) is 10.3 Å². The Balaban J connectivity index is 1.61. The smallest absolute Gasteiger partial charge is 0.201 e. The molecule has 94 valence electrons. The largest absolute Gasteiger partial charge is 0.353 e. The molecule has 0 saturated heterocycles. The summed E-state index contributed by atoms with van der Waals surface area (Å²) >= 11 is 0. The summed E-state index contributed by atoms with van der Waals surface area (Å²) in [5.41, 5.74) is 1.59. The molecule has 2 fully saturated rings. The number of nitrogens with zero attached hydrogens (tertiary/aromatic N) is 1. The van der Waals surface area contributed by atoms with Gasteiger partial charge in [-0.2, -0.15) is 0 Å². The third-order valence-electron chi connectivity index (χ3n) is 4.01. The SMILES string of the molecule is Fc1ccc2nc(NC(C3CC3)C3CC3)[nH]c2c1. The summed E-state index contributed by atoms with van der Waals surface area (Å²) in [6.07, 6.45) is 5.35. The van der Waals surface area contributed by atoms with Crippen molar-refractivity contribution in [3.8, 4) is 0 Å². The molecule has 2 saturated carbocycles. The minimum Gasteiger partial charge on any atom is -0.353 e. The standard InChI is InChI=1S/C14H16FN3/c15-10-5-6-11-12(7-10)17-14(16-11)18-13(8-1-2-8)9-3-4-9/h5-9,13H,1-4H2,(H2,16,17,18). The molecule has 0 atom stereocenters. The highest BCUT2D eigenvalue weighted by molar-refractivity contribution is 5.77. The first kappa shape index (κ1) is 10.4. The van der Waals surface area contributed by atoms with Crippen molar-refractivity contribution in [2.24, 2.45) is 11.8 Å². The van der Waals surface area contributed by atoms with E-state index in [0.29, 0.717) is 6.04 Å². The Morgan fingerprint density at radius 1 is 1.22 bits per heavy atom. The van der Waals surface area contributed by atoms with Crippen LogP contribution in [0, 0.1) is 17.7 Å². The fourth-order valence-corrected chi connectivity index (χ4v) is 2.74. The average molecular weight is 245 g/mol. The van der Waals surface area contributed by atoms with E-state index >= 15 is 0 Å². The van der Waals surface area contributed by atoms with Gasteiger partial charge < -0.3 is 10.3 Å². The Morgan fingerprint density at radius 3 is 2.61 bits per heavy atom. The Bertz CT molecular complexity index is 572. The molecule has 0 aliphatic heterocycles. The summed E-state index contributed by atoms with van der Waals surface area (Å²) in [6, 6.07) is 5.23. The molecule has 1 aromatic heterocycles. The summed E-state index contributed by atoms with van der Waals surface area (Å²) in [5, 5.41) is 3.52. The van der Waals surface area contributed by atoms with Gasteiger partial charge in [-0.15, -0.1) is 0 Å². The normalized spacial score (nSPS) is 19.7. The first-order chi connectivity index (χ1) is 8.79. The Labute approximate surface area is 105 Å². The summed E-state index contributed by atoms with van der Waals surface area (Å²) in [7, 11) is 0. The van der Waals surface area contributed by atoms with Crippen molar-refractivity contribution in [3.63, 3.8) is 0 Å². The van der Waals surface area contributed by atoms with Crippen molar-refractivity contribution in [1.29, 1.82) is 0 Å². The van der Waals surface area contributed by atoms with Gasteiger partial charge in [-0.25, -0.2) is 9.37 Å². The van der Waals surface area contributed by atoms with E-state index in [4.69, 9.17) is 0 Å². The molecule has 4 rings (SSSR count). The van der Waals surface area contributed by atoms with E-state index in [2.05, 4.69) is 15.3 Å². The Morgan fingerprint density at radius 2 is 1.94 bits per heavy atom. The lowest BCUT2D eigenvalue weighted by atomic mass is 10.1. The summed E-state index contributed by atoms with van der Waals surface area (Å²) < 4.78 is 13.1. The predicted octanol–water partition coefficient (Wildman–Crippen LogP) is 3.30. The van der Waals surface area contributed by atoms with Crippen LogP contribution in [0.3, 0.4) is 0 Å². The highest BCUT2D eigenvalue weighted by atomic mass is 19.1. The average Bonchev–Trinajstić information content (AvgIpc) is 3.23. The minimum absolute atomic E-state index is 0.223. The van der Waals surface area contributed by atoms with Crippen LogP contribution in [0.25, 0.3) is 11.0 Å². The van der Waals surface area contributed by atoms with Gasteiger partial charge in [0.1, 0.15) is 5.82 Å². The zero-order valence-corrected chi connectivity index (χ0v) is 10.1. The van der Waals surface area contributed by atoms with Gasteiger partial charge >= 0.3 is 0 Å². The van der Waals surface area contributed by atoms with E-state index in [-0.39, 0.29) is 5.82 Å². The maximum Gasteiger partial charge on any atom is 0.201 e. The Kier molecular flexibility index (Phi) is 2.13. The molecule has 3 nitrogen and oxygen atoms in total. The lowest BCUT2D eigenvalue weighted by Gasteiger charge is -2.16. The lowest BCUT2D eigenvalue weighted by Crippen LogP contribution is -2.24. The molecule has 4 heteroatoms. The zero-order chi connectivity index (χ0) is 12.1. The number of aromatic amines is 1. The van der Waals surface area contributed by atoms with Gasteiger partial charge in [-0.05, 0) is 55.7 Å². The van der Waals surface area contributed by atoms with Crippen LogP contribution >= 0.6 is 0 Å². The van der Waals surface area contributed by atoms with Gasteiger partial charge in [-0.3, -0.25) is 0 Å². The van der Waals surface area contributed by atoms with E-state index in [1.54, 1.807) is 6.07 Å². The number of benzene rings is 1. The zero-order valence-electron chi connectivity index (χ0n) is 10.1. The monoisotopic (exact) mass is 245 g/mol. The van der Waals surface area contributed by atoms with E-state index in [1.807, 2.05) is 0 Å². The molecule has 0 spiro atoms. The molecule has 2 aromatic rings. The maximum absolute atomic E-state index is 13.1. The van der Waals surface area contributed by atoms with Gasteiger partial charge in [0, 0.05) is 6.04 Å². The molecule has 0 radical (unpaired) electrons. The second-order valence-electron chi connectivity index (χ2n) is 5.59. The maximum atomic E-state index is 13.1. The number of aromatic nitrogens is 2. The van der Waals surface area contributed by atoms with E-state index in [9.17, 15) is 4.39 Å². The van der Waals surface area contributed by atoms with Gasteiger partial charge in [0.25, 0.3) is 0 Å². The van der Waals surface area contributed by atoms with Crippen LogP contribution in [-0.2, 0) is 0 Å². The Hall–Kier alpha value is -1.58. The molecule has 0 unspecified atom stereocenters. The number of fused-ring (bicyclic) bond motifs is 1. The van der Waals surface area contributed by atoms with Crippen LogP contribution in [0.5, 0.6) is 0 Å². The van der Waals surface area contributed by atoms with Crippen molar-refractivity contribution < 1.29 is 4.39 Å². The first-order valence-corrected chi connectivity index (χ1v) is 6.71. The number of hydrogen-bond donors (Lipinski definition) is 2. The fraction of sp³-hybridized carbons (Fsp3) is 0.500. The quantitative estimate of drug-likeness (QED) is 0.867. The molecule has 0 bridgehead atoms. The van der Waals surface area contributed by atoms with Crippen LogP contribution in [-0.4, -0.2) is 16.0 Å². The summed E-state index contributed by atoms with van der Waals surface area (Å²) in [6.45, 7) is 0. The number of anilines is 1. The first-order valence-electron chi connectivity index (χ1n) is 6.71. The molecular formula is C14H16FN3. The van der Waals surface area contributed by atoms with Crippen LogP contribution in [0.1, 0.15) is 25.7 Å². The molecule has 2 aliphatic rings. The van der Waals surface area contributed by atoms with Gasteiger partial charge in [0.05, 0.1) is 11.0 Å². The minimum atomic E-state index is -0.223. The third kappa shape index (κ3) is 1.85. The third-order valence-corrected chi connectivity index (χ3v) is 4.01. The van der Waals surface area contributed by atoms with E-state index < -0.39 is 0 Å². The predicted molar refractivity (Wildman–Crippen MR) is 68.9 cm³/mol. The van der Waals surface area contributed by atoms with Crippen molar-refractivity contribution in [1.82, 2.24) is 9.97 Å². The number of hydrogen-bond acceptors (Lipinski definition) is 2. The molecule has 1 aromatic carbocycles. The topological polar surface area (TPSA) is 40.7 Å². The van der Waals surface area contributed by atoms with Gasteiger partial charge in [0.15, 0.2) is 0 Å². The molecule has 2 N–H and O–H groups in total. The number of halogens is 1. The van der Waals surface area contributed by atoms with Crippen molar-refractivity contribution in [2.75, 3.05) is 5.32 Å². The number of rotatable bonds is 4. The second-order valence-corrected chi connectivity index (χ2v) is 5.59. The molecular weight excluding hydrogens is 229 g/mol. The van der Waals surface area contributed by atoms with Crippen molar-refractivity contribution in [3.05, 3.63) is 24.0 Å². The molecule has 18 heavy (non-hydrogen) atoms. The van der Waals surface area contributed by atoms with Crippen molar-refractivity contribution in [2.45, 2.75) is 31.7 Å². The van der Waals surface area contributed by atoms with Crippen LogP contribution in [0.15, 0.2) is 18.2 Å². The summed E-state index contributed by atoms with van der Waals surface area (Å²) in [5.74, 6) is 2.21. The fourth-order valence-electron chi connectivity index (χ4n) is 2.74. The summed E-state index contributed by atoms with van der Waals surface area (Å²) in [4.78, 5) is 7.65. The second kappa shape index (κ2) is 3.70. The van der Waals surface area contributed by atoms with Gasteiger partial charge in [-0.1, -0.05) is 0 Å². The molecule has 1 heterocycles. The van der Waals surface area contributed by atoms with E-state index in [0.717, 1.165) is 28.8 Å². The van der Waals surface area contributed by atoms with Crippen LogP contribution in [0.2, 0.25) is 0 Å². The van der Waals surface area contributed by atoms with Crippen LogP contribution < -0.4 is 5.32 Å². The lowest BCUT2D eigenvalue weighted by molar-refractivity contribution is 0.564. The van der Waals surface area contributed by atoms with Crippen molar-refractivity contribution >= 4 is 17.0 Å². The highest BCUT2D eigenvalue weighted by Crippen LogP contribution is 2.45. The molecule has 0 amide bonds. The van der Waals surface area contributed by atoms with E-state index in [1.165, 1.54) is 37.8 Å². The number of H-pyrrole nitrogens is 1. The number of imidazole rings is 1. The highest BCUT2D eigenvalue weighted by Gasteiger charge is 2.41.